The summed E-state index contributed by atoms with van der Waals surface area (Å²) in [5.41, 5.74) is 1.73. The van der Waals surface area contributed by atoms with Gasteiger partial charge in [-0.1, -0.05) is 41.7 Å². The number of benzene rings is 1. The Kier molecular flexibility index (Phi) is 3.62. The maximum atomic E-state index is 12.5. The van der Waals surface area contributed by atoms with Gasteiger partial charge in [-0.15, -0.1) is 10.2 Å². The van der Waals surface area contributed by atoms with E-state index in [0.29, 0.717) is 15.8 Å². The number of anilines is 1. The number of carbonyl (C=O) groups is 1. The normalized spacial score (nSPS) is 10.9. The quantitative estimate of drug-likeness (QED) is 0.587. The zero-order chi connectivity index (χ0) is 17.4. The summed E-state index contributed by atoms with van der Waals surface area (Å²) in [5.74, 6) is -0.410. The van der Waals surface area contributed by atoms with Crippen LogP contribution in [0, 0.1) is 6.92 Å². The lowest BCUT2D eigenvalue weighted by Gasteiger charge is -1.99. The number of H-pyrrole nitrogens is 1. The SMILES string of the molecule is Cc1cc(=O)n2[nH]cc(C(=O)Nc3nnc(-c4ccccc4)s3)c2n1. The molecule has 3 heterocycles. The molecule has 8 nitrogen and oxygen atoms in total. The molecule has 2 N–H and O–H groups in total. The molecule has 0 spiro atoms. The maximum absolute atomic E-state index is 12.5. The van der Waals surface area contributed by atoms with E-state index in [2.05, 4.69) is 25.6 Å². The summed E-state index contributed by atoms with van der Waals surface area (Å²) in [5, 5.41) is 14.6. The third-order valence-corrected chi connectivity index (χ3v) is 4.42. The summed E-state index contributed by atoms with van der Waals surface area (Å²) < 4.78 is 1.22. The summed E-state index contributed by atoms with van der Waals surface area (Å²) in [6, 6.07) is 11.0. The molecule has 124 valence electrons. The average Bonchev–Trinajstić information content (AvgIpc) is 3.22. The molecule has 25 heavy (non-hydrogen) atoms. The Morgan fingerprint density at radius 3 is 2.84 bits per heavy atom. The van der Waals surface area contributed by atoms with Crippen LogP contribution >= 0.6 is 11.3 Å². The number of rotatable bonds is 3. The predicted molar refractivity (Wildman–Crippen MR) is 93.8 cm³/mol. The fourth-order valence-electron chi connectivity index (χ4n) is 2.40. The highest BCUT2D eigenvalue weighted by atomic mass is 32.1. The van der Waals surface area contributed by atoms with Crippen LogP contribution < -0.4 is 10.9 Å². The lowest BCUT2D eigenvalue weighted by atomic mass is 10.2. The van der Waals surface area contributed by atoms with Gasteiger partial charge in [0.05, 0.1) is 0 Å². The second kappa shape index (κ2) is 5.95. The highest BCUT2D eigenvalue weighted by Crippen LogP contribution is 2.26. The number of aromatic amines is 1. The molecule has 0 saturated carbocycles. The maximum Gasteiger partial charge on any atom is 0.272 e. The highest BCUT2D eigenvalue weighted by molar-refractivity contribution is 7.18. The molecule has 9 heteroatoms. The van der Waals surface area contributed by atoms with Crippen molar-refractivity contribution in [2.45, 2.75) is 6.92 Å². The van der Waals surface area contributed by atoms with Crippen LogP contribution in [0.3, 0.4) is 0 Å². The second-order valence-electron chi connectivity index (χ2n) is 5.31. The Bertz CT molecular complexity index is 1130. The van der Waals surface area contributed by atoms with Crippen LogP contribution in [0.4, 0.5) is 5.13 Å². The first-order chi connectivity index (χ1) is 12.1. The van der Waals surface area contributed by atoms with Gasteiger partial charge in [0.15, 0.2) is 5.65 Å². The van der Waals surface area contributed by atoms with Gasteiger partial charge in [0.25, 0.3) is 11.5 Å². The molecule has 4 aromatic rings. The summed E-state index contributed by atoms with van der Waals surface area (Å²) in [7, 11) is 0. The molecule has 0 atom stereocenters. The van der Waals surface area contributed by atoms with E-state index in [1.165, 1.54) is 28.1 Å². The number of hydrogen-bond acceptors (Lipinski definition) is 6. The molecule has 0 unspecified atom stereocenters. The van der Waals surface area contributed by atoms with E-state index in [9.17, 15) is 9.59 Å². The molecule has 3 aromatic heterocycles. The third-order valence-electron chi connectivity index (χ3n) is 3.54. The van der Waals surface area contributed by atoms with Crippen LogP contribution in [0.1, 0.15) is 16.1 Å². The number of carbonyl (C=O) groups excluding carboxylic acids is 1. The molecule has 0 fully saturated rings. The number of amides is 1. The first kappa shape index (κ1) is 15.2. The van der Waals surface area contributed by atoms with Gasteiger partial charge in [0.2, 0.25) is 5.13 Å². The van der Waals surface area contributed by atoms with Crippen LogP contribution in [-0.4, -0.2) is 30.7 Å². The van der Waals surface area contributed by atoms with Crippen molar-refractivity contribution in [3.8, 4) is 10.6 Å². The van der Waals surface area contributed by atoms with Crippen molar-refractivity contribution in [3.63, 3.8) is 0 Å². The summed E-state index contributed by atoms with van der Waals surface area (Å²) in [4.78, 5) is 28.7. The molecule has 0 radical (unpaired) electrons. The molecule has 0 aliphatic rings. The highest BCUT2D eigenvalue weighted by Gasteiger charge is 2.17. The largest absolute Gasteiger partial charge is 0.296 e. The van der Waals surface area contributed by atoms with Gasteiger partial charge < -0.3 is 0 Å². The smallest absolute Gasteiger partial charge is 0.272 e. The van der Waals surface area contributed by atoms with E-state index in [-0.39, 0.29) is 16.8 Å². The molecule has 0 bridgehead atoms. The van der Waals surface area contributed by atoms with Crippen molar-refractivity contribution in [2.75, 3.05) is 5.32 Å². The van der Waals surface area contributed by atoms with Crippen LogP contribution in [0.25, 0.3) is 16.2 Å². The van der Waals surface area contributed by atoms with Crippen molar-refractivity contribution in [2.24, 2.45) is 0 Å². The second-order valence-corrected chi connectivity index (χ2v) is 6.29. The Morgan fingerprint density at radius 2 is 2.04 bits per heavy atom. The van der Waals surface area contributed by atoms with E-state index < -0.39 is 5.91 Å². The number of fused-ring (bicyclic) bond motifs is 1. The van der Waals surface area contributed by atoms with Crippen molar-refractivity contribution < 1.29 is 4.79 Å². The van der Waals surface area contributed by atoms with Gasteiger partial charge in [-0.05, 0) is 6.92 Å². The van der Waals surface area contributed by atoms with Gasteiger partial charge in [0, 0.05) is 23.5 Å². The minimum absolute atomic E-state index is 0.261. The number of aromatic nitrogens is 5. The van der Waals surface area contributed by atoms with Crippen LogP contribution in [0.15, 0.2) is 47.4 Å². The molecule has 1 amide bonds. The van der Waals surface area contributed by atoms with Gasteiger partial charge in [-0.25, -0.2) is 9.50 Å². The third kappa shape index (κ3) is 2.81. The summed E-state index contributed by atoms with van der Waals surface area (Å²) in [6.45, 7) is 1.70. The molecule has 0 aliphatic heterocycles. The molecule has 0 aliphatic carbocycles. The number of nitrogens with one attached hydrogen (secondary N) is 2. The topological polar surface area (TPSA) is 105 Å². The molecule has 0 saturated heterocycles. The molecular formula is C16H12N6O2S. The van der Waals surface area contributed by atoms with Crippen LogP contribution in [-0.2, 0) is 0 Å². The monoisotopic (exact) mass is 352 g/mol. The van der Waals surface area contributed by atoms with Crippen molar-refractivity contribution >= 4 is 28.0 Å². The number of aryl methyl sites for hydroxylation is 1. The predicted octanol–water partition coefficient (Wildman–Crippen LogP) is 2.10. The Balaban J connectivity index is 1.63. The van der Waals surface area contributed by atoms with Crippen molar-refractivity contribution in [3.05, 3.63) is 64.2 Å². The van der Waals surface area contributed by atoms with Gasteiger partial charge in [-0.2, -0.15) is 0 Å². The molecule has 1 aromatic carbocycles. The van der Waals surface area contributed by atoms with E-state index in [4.69, 9.17) is 0 Å². The zero-order valence-corrected chi connectivity index (χ0v) is 13.9. The van der Waals surface area contributed by atoms with Crippen molar-refractivity contribution in [1.82, 2.24) is 24.8 Å². The first-order valence-corrected chi connectivity index (χ1v) is 8.21. The van der Waals surface area contributed by atoms with Gasteiger partial charge in [-0.3, -0.25) is 20.0 Å². The Labute approximate surface area is 145 Å². The fraction of sp³-hybridized carbons (Fsp3) is 0.0625. The Hall–Kier alpha value is -3.33. The molecular weight excluding hydrogens is 340 g/mol. The van der Waals surface area contributed by atoms with Crippen LogP contribution in [0.5, 0.6) is 0 Å². The van der Waals surface area contributed by atoms with E-state index in [1.807, 2.05) is 30.3 Å². The van der Waals surface area contributed by atoms with E-state index in [0.717, 1.165) is 5.56 Å². The average molecular weight is 352 g/mol. The van der Waals surface area contributed by atoms with E-state index >= 15 is 0 Å². The van der Waals surface area contributed by atoms with Crippen molar-refractivity contribution in [1.29, 1.82) is 0 Å². The van der Waals surface area contributed by atoms with Crippen LogP contribution in [0.2, 0.25) is 0 Å². The lowest BCUT2D eigenvalue weighted by molar-refractivity contribution is 0.102. The standard InChI is InChI=1S/C16H12N6O2S/c1-9-7-12(23)22-13(18-9)11(8-17-22)14(24)19-16-21-20-15(25-16)10-5-3-2-4-6-10/h2-8,17H,1H3,(H,19,21,24). The minimum atomic E-state index is -0.410. The first-order valence-electron chi connectivity index (χ1n) is 7.40. The fourth-order valence-corrected chi connectivity index (χ4v) is 3.14. The lowest BCUT2D eigenvalue weighted by Crippen LogP contribution is -2.16. The number of nitrogens with zero attached hydrogens (tertiary/aromatic N) is 4. The summed E-state index contributed by atoms with van der Waals surface area (Å²) >= 11 is 1.27. The molecule has 4 rings (SSSR count). The number of hydrogen-bond donors (Lipinski definition) is 2. The van der Waals surface area contributed by atoms with E-state index in [1.54, 1.807) is 6.92 Å². The minimum Gasteiger partial charge on any atom is -0.296 e. The van der Waals surface area contributed by atoms with Gasteiger partial charge in [0.1, 0.15) is 10.6 Å². The van der Waals surface area contributed by atoms with Gasteiger partial charge >= 0.3 is 0 Å². The Morgan fingerprint density at radius 1 is 1.24 bits per heavy atom. The summed E-state index contributed by atoms with van der Waals surface area (Å²) in [6.07, 6.45) is 1.44. The zero-order valence-electron chi connectivity index (χ0n) is 13.1.